The van der Waals surface area contributed by atoms with E-state index in [0.29, 0.717) is 0 Å². The molecule has 14 heavy (non-hydrogen) atoms. The molecule has 0 aromatic carbocycles. The van der Waals surface area contributed by atoms with Crippen molar-refractivity contribution in [1.82, 2.24) is 4.90 Å². The Kier molecular flexibility index (Phi) is 2.75. The lowest BCUT2D eigenvalue weighted by Crippen LogP contribution is -2.35. The van der Waals surface area contributed by atoms with Crippen LogP contribution in [0.4, 0.5) is 0 Å². The summed E-state index contributed by atoms with van der Waals surface area (Å²) in [6.45, 7) is 14.4. The van der Waals surface area contributed by atoms with Gasteiger partial charge in [-0.3, -0.25) is 4.79 Å². The van der Waals surface area contributed by atoms with Gasteiger partial charge in [0.1, 0.15) is 0 Å². The molecule has 0 radical (unpaired) electrons. The minimum atomic E-state index is 0.0453. The molecule has 0 aromatic rings. The van der Waals surface area contributed by atoms with Crippen LogP contribution in [0.5, 0.6) is 0 Å². The average molecular weight is 195 g/mol. The summed E-state index contributed by atoms with van der Waals surface area (Å²) in [5.41, 5.74) is 1.02. The Morgan fingerprint density at radius 2 is 1.93 bits per heavy atom. The van der Waals surface area contributed by atoms with Gasteiger partial charge in [-0.05, 0) is 25.7 Å². The van der Waals surface area contributed by atoms with Crippen LogP contribution in [-0.4, -0.2) is 16.8 Å². The fourth-order valence-corrected chi connectivity index (χ4v) is 2.04. The lowest BCUT2D eigenvalue weighted by Gasteiger charge is -2.26. The average Bonchev–Trinajstić information content (AvgIpc) is 2.24. The SMILES string of the molecule is C=C1CC(C(C)(C)C)C(=O)N1C(C)C. The van der Waals surface area contributed by atoms with E-state index in [1.807, 2.05) is 18.7 Å². The molecular formula is C12H21NO. The van der Waals surface area contributed by atoms with Gasteiger partial charge in [0.25, 0.3) is 0 Å². The maximum Gasteiger partial charge on any atom is 0.230 e. The second kappa shape index (κ2) is 3.41. The first kappa shape index (κ1) is 11.3. The number of nitrogens with zero attached hydrogens (tertiary/aromatic N) is 1. The largest absolute Gasteiger partial charge is 0.314 e. The predicted molar refractivity (Wildman–Crippen MR) is 58.7 cm³/mol. The van der Waals surface area contributed by atoms with Crippen LogP contribution in [0.2, 0.25) is 0 Å². The van der Waals surface area contributed by atoms with Crippen LogP contribution in [-0.2, 0) is 4.79 Å². The number of amides is 1. The van der Waals surface area contributed by atoms with Gasteiger partial charge in [-0.2, -0.15) is 0 Å². The van der Waals surface area contributed by atoms with E-state index in [9.17, 15) is 4.79 Å². The van der Waals surface area contributed by atoms with Crippen LogP contribution in [0, 0.1) is 11.3 Å². The van der Waals surface area contributed by atoms with Gasteiger partial charge in [-0.1, -0.05) is 27.4 Å². The molecule has 1 amide bonds. The third-order valence-electron chi connectivity index (χ3n) is 2.88. The zero-order chi connectivity index (χ0) is 11.1. The molecule has 1 atom stereocenters. The predicted octanol–water partition coefficient (Wildman–Crippen LogP) is 2.80. The highest BCUT2D eigenvalue weighted by Crippen LogP contribution is 2.39. The van der Waals surface area contributed by atoms with E-state index in [1.54, 1.807) is 0 Å². The second-order valence-corrected chi connectivity index (χ2v) is 5.49. The van der Waals surface area contributed by atoms with Crippen LogP contribution >= 0.6 is 0 Å². The Hall–Kier alpha value is -0.790. The van der Waals surface area contributed by atoms with Gasteiger partial charge in [-0.15, -0.1) is 0 Å². The molecule has 2 nitrogen and oxygen atoms in total. The van der Waals surface area contributed by atoms with Crippen molar-refractivity contribution in [3.8, 4) is 0 Å². The molecule has 1 fully saturated rings. The normalized spacial score (nSPS) is 23.9. The Morgan fingerprint density at radius 1 is 1.43 bits per heavy atom. The molecule has 1 unspecified atom stereocenters. The fraction of sp³-hybridized carbons (Fsp3) is 0.750. The van der Waals surface area contributed by atoms with Crippen molar-refractivity contribution in [1.29, 1.82) is 0 Å². The van der Waals surface area contributed by atoms with Crippen LogP contribution < -0.4 is 0 Å². The molecule has 1 saturated heterocycles. The second-order valence-electron chi connectivity index (χ2n) is 5.49. The first-order valence-electron chi connectivity index (χ1n) is 5.26. The summed E-state index contributed by atoms with van der Waals surface area (Å²) in [5, 5.41) is 0. The summed E-state index contributed by atoms with van der Waals surface area (Å²) in [5.74, 6) is 0.356. The number of hydrogen-bond donors (Lipinski definition) is 0. The highest BCUT2D eigenvalue weighted by atomic mass is 16.2. The summed E-state index contributed by atoms with van der Waals surface area (Å²) >= 11 is 0. The van der Waals surface area contributed by atoms with Gasteiger partial charge < -0.3 is 4.90 Å². The number of allylic oxidation sites excluding steroid dienone is 1. The zero-order valence-electron chi connectivity index (χ0n) is 9.92. The molecule has 1 aliphatic rings. The Labute approximate surface area is 87.0 Å². The maximum atomic E-state index is 12.1. The van der Waals surface area contributed by atoms with Gasteiger partial charge in [0, 0.05) is 17.7 Å². The Bertz CT molecular complexity index is 260. The first-order chi connectivity index (χ1) is 6.25. The molecule has 0 saturated carbocycles. The van der Waals surface area contributed by atoms with Gasteiger partial charge in [-0.25, -0.2) is 0 Å². The summed E-state index contributed by atoms with van der Waals surface area (Å²) in [6, 6.07) is 0.238. The molecule has 80 valence electrons. The minimum absolute atomic E-state index is 0.0453. The molecule has 2 heteroatoms. The smallest absolute Gasteiger partial charge is 0.230 e. The number of likely N-dealkylation sites (tertiary alicyclic amines) is 1. The van der Waals surface area contributed by atoms with Crippen molar-refractivity contribution in [2.24, 2.45) is 11.3 Å². The summed E-state index contributed by atoms with van der Waals surface area (Å²) < 4.78 is 0. The molecule has 1 aliphatic heterocycles. The van der Waals surface area contributed by atoms with E-state index < -0.39 is 0 Å². The fourth-order valence-electron chi connectivity index (χ4n) is 2.04. The van der Waals surface area contributed by atoms with Crippen molar-refractivity contribution >= 4 is 5.91 Å². The number of rotatable bonds is 1. The van der Waals surface area contributed by atoms with E-state index in [-0.39, 0.29) is 23.3 Å². The van der Waals surface area contributed by atoms with Crippen molar-refractivity contribution in [3.63, 3.8) is 0 Å². The molecule has 1 heterocycles. The molecule has 0 N–H and O–H groups in total. The van der Waals surface area contributed by atoms with Gasteiger partial charge >= 0.3 is 0 Å². The Balaban J connectivity index is 2.91. The lowest BCUT2D eigenvalue weighted by atomic mass is 9.79. The third-order valence-corrected chi connectivity index (χ3v) is 2.88. The van der Waals surface area contributed by atoms with E-state index in [2.05, 4.69) is 27.4 Å². The topological polar surface area (TPSA) is 20.3 Å². The molecule has 0 spiro atoms. The summed E-state index contributed by atoms with van der Waals surface area (Å²) in [6.07, 6.45) is 0.820. The van der Waals surface area contributed by atoms with Crippen molar-refractivity contribution in [2.45, 2.75) is 47.1 Å². The zero-order valence-corrected chi connectivity index (χ0v) is 9.92. The number of carbonyl (C=O) groups is 1. The van der Waals surface area contributed by atoms with E-state index in [4.69, 9.17) is 0 Å². The number of hydrogen-bond acceptors (Lipinski definition) is 1. The lowest BCUT2D eigenvalue weighted by molar-refractivity contribution is -0.134. The third kappa shape index (κ3) is 1.84. The molecule has 0 aliphatic carbocycles. The van der Waals surface area contributed by atoms with Crippen LogP contribution in [0.3, 0.4) is 0 Å². The van der Waals surface area contributed by atoms with E-state index in [1.165, 1.54) is 0 Å². The maximum absolute atomic E-state index is 12.1. The van der Waals surface area contributed by atoms with E-state index in [0.717, 1.165) is 12.1 Å². The van der Waals surface area contributed by atoms with Gasteiger partial charge in [0.2, 0.25) is 5.91 Å². The molecule has 0 bridgehead atoms. The van der Waals surface area contributed by atoms with Crippen LogP contribution in [0.15, 0.2) is 12.3 Å². The standard InChI is InChI=1S/C12H21NO/c1-8(2)13-9(3)7-10(11(13)14)12(4,5)6/h8,10H,3,7H2,1-2,4-6H3. The van der Waals surface area contributed by atoms with Crippen molar-refractivity contribution < 1.29 is 4.79 Å². The van der Waals surface area contributed by atoms with Crippen molar-refractivity contribution in [2.75, 3.05) is 0 Å². The first-order valence-corrected chi connectivity index (χ1v) is 5.26. The summed E-state index contributed by atoms with van der Waals surface area (Å²) in [4.78, 5) is 13.9. The van der Waals surface area contributed by atoms with Crippen LogP contribution in [0.25, 0.3) is 0 Å². The van der Waals surface area contributed by atoms with Gasteiger partial charge in [0.05, 0.1) is 0 Å². The monoisotopic (exact) mass is 195 g/mol. The molecule has 1 rings (SSSR count). The van der Waals surface area contributed by atoms with Crippen LogP contribution in [0.1, 0.15) is 41.0 Å². The number of carbonyl (C=O) groups excluding carboxylic acids is 1. The minimum Gasteiger partial charge on any atom is -0.314 e. The molecule has 0 aromatic heterocycles. The van der Waals surface area contributed by atoms with Crippen molar-refractivity contribution in [3.05, 3.63) is 12.3 Å². The molecular weight excluding hydrogens is 174 g/mol. The quantitative estimate of drug-likeness (QED) is 0.630. The summed E-state index contributed by atoms with van der Waals surface area (Å²) in [7, 11) is 0. The Morgan fingerprint density at radius 3 is 2.14 bits per heavy atom. The highest BCUT2D eigenvalue weighted by molar-refractivity contribution is 5.84. The highest BCUT2D eigenvalue weighted by Gasteiger charge is 2.42. The van der Waals surface area contributed by atoms with Gasteiger partial charge in [0.15, 0.2) is 0 Å². The van der Waals surface area contributed by atoms with E-state index >= 15 is 0 Å².